The molecule has 2 nitrogen and oxygen atoms in total. The molecule has 0 spiro atoms. The lowest BCUT2D eigenvalue weighted by molar-refractivity contribution is 0.582. The molecule has 0 fully saturated rings. The van der Waals surface area contributed by atoms with Gasteiger partial charge in [0.1, 0.15) is 0 Å². The molecule has 0 radical (unpaired) electrons. The van der Waals surface area contributed by atoms with Gasteiger partial charge in [0.2, 0.25) is 5.95 Å². The van der Waals surface area contributed by atoms with Crippen LogP contribution in [0.4, 0.5) is 10.1 Å². The minimum Gasteiger partial charge on any atom is -0.368 e. The first kappa shape index (κ1) is 12.8. The Bertz CT molecular complexity index is 545. The van der Waals surface area contributed by atoms with E-state index < -0.39 is 5.95 Å². The molecule has 0 aliphatic carbocycles. The number of nitrogens with zero attached hydrogens (tertiary/aromatic N) is 2. The molecule has 1 aromatic carbocycles. The third-order valence-electron chi connectivity index (χ3n) is 3.05. The molecule has 0 saturated carbocycles. The second kappa shape index (κ2) is 5.36. The Balaban J connectivity index is 2.29. The van der Waals surface area contributed by atoms with Gasteiger partial charge in [-0.25, -0.2) is 4.98 Å². The highest BCUT2D eigenvalue weighted by Crippen LogP contribution is 2.29. The lowest BCUT2D eigenvalue weighted by atomic mass is 10.1. The zero-order valence-corrected chi connectivity index (χ0v) is 11.0. The van der Waals surface area contributed by atoms with Crippen molar-refractivity contribution < 1.29 is 4.39 Å². The van der Waals surface area contributed by atoms with Crippen molar-refractivity contribution in [2.45, 2.75) is 13.0 Å². The van der Waals surface area contributed by atoms with Crippen molar-refractivity contribution in [3.05, 3.63) is 59.1 Å². The van der Waals surface area contributed by atoms with Gasteiger partial charge < -0.3 is 4.90 Å². The Morgan fingerprint density at radius 3 is 2.67 bits per heavy atom. The zero-order chi connectivity index (χ0) is 13.1. The molecule has 0 aliphatic rings. The minimum atomic E-state index is -0.481. The van der Waals surface area contributed by atoms with E-state index in [2.05, 4.69) is 4.98 Å². The number of rotatable bonds is 3. The van der Waals surface area contributed by atoms with Crippen molar-refractivity contribution in [1.29, 1.82) is 0 Å². The fourth-order valence-electron chi connectivity index (χ4n) is 1.86. The maximum Gasteiger partial charge on any atom is 0.214 e. The lowest BCUT2D eigenvalue weighted by Crippen LogP contribution is -2.22. The molecule has 1 aromatic heterocycles. The quantitative estimate of drug-likeness (QED) is 0.777. The van der Waals surface area contributed by atoms with Crippen molar-refractivity contribution in [2.24, 2.45) is 0 Å². The number of pyridine rings is 1. The number of hydrogen-bond donors (Lipinski definition) is 0. The van der Waals surface area contributed by atoms with Crippen LogP contribution in [0.3, 0.4) is 0 Å². The number of hydrogen-bond acceptors (Lipinski definition) is 2. The van der Waals surface area contributed by atoms with Gasteiger partial charge >= 0.3 is 0 Å². The molecule has 0 bridgehead atoms. The SMILES string of the molecule is CC(c1ccccc1Cl)N(C)c1ccnc(F)c1. The molecule has 18 heavy (non-hydrogen) atoms. The average Bonchev–Trinajstić information content (AvgIpc) is 2.37. The number of anilines is 1. The van der Waals surface area contributed by atoms with Crippen molar-refractivity contribution in [2.75, 3.05) is 11.9 Å². The third-order valence-corrected chi connectivity index (χ3v) is 3.40. The molecule has 0 amide bonds. The fraction of sp³-hybridized carbons (Fsp3) is 0.214. The number of halogens is 2. The molecule has 1 atom stereocenters. The van der Waals surface area contributed by atoms with Crippen LogP contribution in [0.1, 0.15) is 18.5 Å². The summed E-state index contributed by atoms with van der Waals surface area (Å²) in [5, 5.41) is 0.714. The van der Waals surface area contributed by atoms with Crippen LogP contribution in [-0.2, 0) is 0 Å². The topological polar surface area (TPSA) is 16.1 Å². The smallest absolute Gasteiger partial charge is 0.214 e. The van der Waals surface area contributed by atoms with Crippen LogP contribution in [0.15, 0.2) is 42.6 Å². The fourth-order valence-corrected chi connectivity index (χ4v) is 2.15. The Kier molecular flexibility index (Phi) is 3.82. The first-order valence-corrected chi connectivity index (χ1v) is 6.06. The average molecular weight is 265 g/mol. The van der Waals surface area contributed by atoms with E-state index in [1.54, 1.807) is 6.07 Å². The van der Waals surface area contributed by atoms with Gasteiger partial charge in [-0.2, -0.15) is 4.39 Å². The van der Waals surface area contributed by atoms with E-state index in [0.29, 0.717) is 5.02 Å². The summed E-state index contributed by atoms with van der Waals surface area (Å²) in [6.45, 7) is 2.03. The van der Waals surface area contributed by atoms with Crippen LogP contribution in [0.5, 0.6) is 0 Å². The summed E-state index contributed by atoms with van der Waals surface area (Å²) < 4.78 is 13.1. The molecule has 94 valence electrons. The van der Waals surface area contributed by atoms with E-state index in [1.807, 2.05) is 43.1 Å². The maximum atomic E-state index is 13.1. The minimum absolute atomic E-state index is 0.0560. The van der Waals surface area contributed by atoms with Crippen LogP contribution in [0, 0.1) is 5.95 Å². The Morgan fingerprint density at radius 1 is 1.28 bits per heavy atom. The van der Waals surface area contributed by atoms with E-state index in [1.165, 1.54) is 12.3 Å². The van der Waals surface area contributed by atoms with E-state index in [4.69, 9.17) is 11.6 Å². The molecule has 0 aliphatic heterocycles. The van der Waals surface area contributed by atoms with Gasteiger partial charge in [-0.15, -0.1) is 0 Å². The van der Waals surface area contributed by atoms with Crippen molar-refractivity contribution in [3.63, 3.8) is 0 Å². The van der Waals surface area contributed by atoms with Crippen LogP contribution in [0.25, 0.3) is 0 Å². The summed E-state index contributed by atoms with van der Waals surface area (Å²) in [6.07, 6.45) is 1.46. The molecular formula is C14H14ClFN2. The van der Waals surface area contributed by atoms with Crippen molar-refractivity contribution in [3.8, 4) is 0 Å². The second-order valence-electron chi connectivity index (χ2n) is 4.15. The standard InChI is InChI=1S/C14H14ClFN2/c1-10(12-5-3-4-6-13(12)15)18(2)11-7-8-17-14(16)9-11/h3-10H,1-2H3. The summed E-state index contributed by atoms with van der Waals surface area (Å²) in [7, 11) is 1.91. The summed E-state index contributed by atoms with van der Waals surface area (Å²) in [5.41, 5.74) is 1.79. The molecule has 4 heteroatoms. The highest BCUT2D eigenvalue weighted by Gasteiger charge is 2.15. The first-order chi connectivity index (χ1) is 8.59. The lowest BCUT2D eigenvalue weighted by Gasteiger charge is -2.27. The van der Waals surface area contributed by atoms with Crippen LogP contribution in [-0.4, -0.2) is 12.0 Å². The third kappa shape index (κ3) is 2.62. The Labute approximate surface area is 111 Å². The predicted octanol–water partition coefficient (Wildman–Crippen LogP) is 4.07. The van der Waals surface area contributed by atoms with E-state index >= 15 is 0 Å². The van der Waals surface area contributed by atoms with Crippen molar-refractivity contribution in [1.82, 2.24) is 4.98 Å². The monoisotopic (exact) mass is 264 g/mol. The highest BCUT2D eigenvalue weighted by atomic mass is 35.5. The van der Waals surface area contributed by atoms with Gasteiger partial charge in [0, 0.05) is 30.0 Å². The molecule has 1 unspecified atom stereocenters. The molecular weight excluding hydrogens is 251 g/mol. The van der Waals surface area contributed by atoms with Crippen LogP contribution < -0.4 is 4.90 Å². The van der Waals surface area contributed by atoms with E-state index in [9.17, 15) is 4.39 Å². The van der Waals surface area contributed by atoms with Crippen molar-refractivity contribution >= 4 is 17.3 Å². The van der Waals surface area contributed by atoms with Gasteiger partial charge in [0.05, 0.1) is 6.04 Å². The molecule has 1 heterocycles. The summed E-state index contributed by atoms with van der Waals surface area (Å²) in [4.78, 5) is 5.52. The van der Waals surface area contributed by atoms with Crippen LogP contribution >= 0.6 is 11.6 Å². The Hall–Kier alpha value is -1.61. The van der Waals surface area contributed by atoms with Gasteiger partial charge in [-0.05, 0) is 24.6 Å². The number of aromatic nitrogens is 1. The molecule has 0 N–H and O–H groups in total. The van der Waals surface area contributed by atoms with E-state index in [-0.39, 0.29) is 6.04 Å². The molecule has 2 rings (SSSR count). The van der Waals surface area contributed by atoms with Crippen LogP contribution in [0.2, 0.25) is 5.02 Å². The first-order valence-electron chi connectivity index (χ1n) is 5.68. The van der Waals surface area contributed by atoms with Gasteiger partial charge in [0.25, 0.3) is 0 Å². The highest BCUT2D eigenvalue weighted by molar-refractivity contribution is 6.31. The zero-order valence-electron chi connectivity index (χ0n) is 10.3. The molecule has 2 aromatic rings. The van der Waals surface area contributed by atoms with Gasteiger partial charge in [-0.1, -0.05) is 29.8 Å². The molecule has 0 saturated heterocycles. The summed E-state index contributed by atoms with van der Waals surface area (Å²) in [5.74, 6) is -0.481. The summed E-state index contributed by atoms with van der Waals surface area (Å²) >= 11 is 6.17. The Morgan fingerprint density at radius 2 is 2.00 bits per heavy atom. The number of benzene rings is 1. The predicted molar refractivity (Wildman–Crippen MR) is 72.5 cm³/mol. The van der Waals surface area contributed by atoms with Gasteiger partial charge in [0.15, 0.2) is 0 Å². The van der Waals surface area contributed by atoms with E-state index in [0.717, 1.165) is 11.3 Å². The van der Waals surface area contributed by atoms with Gasteiger partial charge in [-0.3, -0.25) is 0 Å². The second-order valence-corrected chi connectivity index (χ2v) is 4.55. The largest absolute Gasteiger partial charge is 0.368 e. The normalized spacial score (nSPS) is 12.2. The maximum absolute atomic E-state index is 13.1. The summed E-state index contributed by atoms with van der Waals surface area (Å²) in [6, 6.07) is 10.9.